The van der Waals surface area contributed by atoms with Gasteiger partial charge in [0.15, 0.2) is 0 Å². The van der Waals surface area contributed by atoms with E-state index in [1.807, 2.05) is 20.8 Å². The number of benzene rings is 1. The lowest BCUT2D eigenvalue weighted by atomic mass is 9.74. The van der Waals surface area contributed by atoms with Crippen molar-refractivity contribution in [3.8, 4) is 0 Å². The predicted molar refractivity (Wildman–Crippen MR) is 73.5 cm³/mol. The first-order valence-electron chi connectivity index (χ1n) is 6.53. The number of esters is 1. The van der Waals surface area contributed by atoms with Crippen LogP contribution in [0.3, 0.4) is 0 Å². The molecule has 0 saturated carbocycles. The molecular formula is C14H18BFO4. The molecule has 0 spiro atoms. The number of halogens is 1. The van der Waals surface area contributed by atoms with Gasteiger partial charge in [-0.25, -0.2) is 9.18 Å². The van der Waals surface area contributed by atoms with Crippen LogP contribution in [0.2, 0.25) is 0 Å². The summed E-state index contributed by atoms with van der Waals surface area (Å²) < 4.78 is 29.9. The van der Waals surface area contributed by atoms with Crippen molar-refractivity contribution in [1.29, 1.82) is 0 Å². The van der Waals surface area contributed by atoms with Gasteiger partial charge in [-0.3, -0.25) is 0 Å². The first-order chi connectivity index (χ1) is 9.32. The fraction of sp³-hybridized carbons (Fsp3) is 0.500. The Kier molecular flexibility index (Phi) is 4.15. The van der Waals surface area contributed by atoms with Crippen LogP contribution in [0.4, 0.5) is 4.39 Å². The summed E-state index contributed by atoms with van der Waals surface area (Å²) in [7, 11) is 0.586. The predicted octanol–water partition coefficient (Wildman–Crippen LogP) is 1.91. The molecule has 0 radical (unpaired) electrons. The Balaban J connectivity index is 2.25. The van der Waals surface area contributed by atoms with E-state index < -0.39 is 18.9 Å². The fourth-order valence-electron chi connectivity index (χ4n) is 2.42. The summed E-state index contributed by atoms with van der Waals surface area (Å²) in [5.41, 5.74) is 0.119. The molecule has 1 aromatic rings. The maximum Gasteiger partial charge on any atom is 0.494 e. The van der Waals surface area contributed by atoms with Gasteiger partial charge in [0.25, 0.3) is 0 Å². The van der Waals surface area contributed by atoms with Crippen molar-refractivity contribution in [2.45, 2.75) is 38.9 Å². The van der Waals surface area contributed by atoms with Gasteiger partial charge in [0.05, 0.1) is 18.3 Å². The lowest BCUT2D eigenvalue weighted by Crippen LogP contribution is -2.51. The number of methoxy groups -OCH3 is 1. The van der Waals surface area contributed by atoms with E-state index in [9.17, 15) is 9.18 Å². The van der Waals surface area contributed by atoms with E-state index in [2.05, 4.69) is 4.74 Å². The summed E-state index contributed by atoms with van der Waals surface area (Å²) in [6.45, 7) is 5.90. The zero-order chi connectivity index (χ0) is 14.9. The van der Waals surface area contributed by atoms with Crippen LogP contribution in [0.15, 0.2) is 18.2 Å². The number of rotatable bonds is 2. The summed E-state index contributed by atoms with van der Waals surface area (Å²) in [4.78, 5) is 11.4. The van der Waals surface area contributed by atoms with Crippen LogP contribution in [0.1, 0.15) is 37.6 Å². The molecule has 2 rings (SSSR count). The van der Waals surface area contributed by atoms with Crippen molar-refractivity contribution in [3.63, 3.8) is 0 Å². The fourth-order valence-corrected chi connectivity index (χ4v) is 2.42. The second kappa shape index (κ2) is 5.54. The molecular weight excluding hydrogens is 262 g/mol. The van der Waals surface area contributed by atoms with E-state index in [1.165, 1.54) is 19.2 Å². The lowest BCUT2D eigenvalue weighted by Gasteiger charge is -2.38. The Bertz CT molecular complexity index is 518. The van der Waals surface area contributed by atoms with Crippen LogP contribution in [-0.4, -0.2) is 31.9 Å². The van der Waals surface area contributed by atoms with Crippen LogP contribution in [0.5, 0.6) is 0 Å². The Morgan fingerprint density at radius 2 is 2.20 bits per heavy atom. The second-order valence-electron chi connectivity index (χ2n) is 5.59. The quantitative estimate of drug-likeness (QED) is 0.613. The SMILES string of the molecule is COC(=O)c1ccc(B2OC(C)CC(C)(C)O2)cc1F. The van der Waals surface area contributed by atoms with Crippen LogP contribution in [-0.2, 0) is 14.0 Å². The minimum absolute atomic E-state index is 0.0205. The van der Waals surface area contributed by atoms with Gasteiger partial charge in [0, 0.05) is 6.10 Å². The van der Waals surface area contributed by atoms with Crippen molar-refractivity contribution < 1.29 is 23.2 Å². The molecule has 108 valence electrons. The van der Waals surface area contributed by atoms with Crippen molar-refractivity contribution in [1.82, 2.24) is 0 Å². The smallest absolute Gasteiger partial charge is 0.465 e. The van der Waals surface area contributed by atoms with Gasteiger partial charge < -0.3 is 14.0 Å². The molecule has 1 saturated heterocycles. The van der Waals surface area contributed by atoms with Gasteiger partial charge in [-0.1, -0.05) is 6.07 Å². The highest BCUT2D eigenvalue weighted by Gasteiger charge is 2.38. The topological polar surface area (TPSA) is 44.8 Å². The molecule has 1 heterocycles. The first-order valence-corrected chi connectivity index (χ1v) is 6.53. The molecule has 1 fully saturated rings. The zero-order valence-electron chi connectivity index (χ0n) is 12.1. The van der Waals surface area contributed by atoms with Crippen molar-refractivity contribution in [2.24, 2.45) is 0 Å². The molecule has 20 heavy (non-hydrogen) atoms. The molecule has 0 N–H and O–H groups in total. The molecule has 0 bridgehead atoms. The normalized spacial score (nSPS) is 21.6. The van der Waals surface area contributed by atoms with Gasteiger partial charge in [0.1, 0.15) is 5.82 Å². The standard InChI is InChI=1S/C14H18BFO4/c1-9-8-14(2,3)20-15(19-9)10-5-6-11(12(16)7-10)13(17)18-4/h5-7,9H,8H2,1-4H3. The monoisotopic (exact) mass is 280 g/mol. The van der Waals surface area contributed by atoms with Gasteiger partial charge in [-0.2, -0.15) is 0 Å². The second-order valence-corrected chi connectivity index (χ2v) is 5.59. The molecule has 1 aromatic carbocycles. The highest BCUT2D eigenvalue weighted by molar-refractivity contribution is 6.61. The van der Waals surface area contributed by atoms with Gasteiger partial charge in [0.2, 0.25) is 0 Å². The number of carbonyl (C=O) groups is 1. The Morgan fingerprint density at radius 3 is 2.75 bits per heavy atom. The van der Waals surface area contributed by atoms with Gasteiger partial charge >= 0.3 is 13.1 Å². The third-order valence-electron chi connectivity index (χ3n) is 3.23. The van der Waals surface area contributed by atoms with E-state index >= 15 is 0 Å². The highest BCUT2D eigenvalue weighted by atomic mass is 19.1. The molecule has 4 nitrogen and oxygen atoms in total. The number of ether oxygens (including phenoxy) is 1. The third kappa shape index (κ3) is 3.19. The van der Waals surface area contributed by atoms with Crippen LogP contribution in [0.25, 0.3) is 0 Å². The summed E-state index contributed by atoms with van der Waals surface area (Å²) in [5.74, 6) is -1.34. The number of hydrogen-bond acceptors (Lipinski definition) is 4. The summed E-state index contributed by atoms with van der Waals surface area (Å²) in [6, 6.07) is 4.26. The molecule has 0 aliphatic carbocycles. The van der Waals surface area contributed by atoms with E-state index in [-0.39, 0.29) is 17.3 Å². The van der Waals surface area contributed by atoms with Crippen LogP contribution >= 0.6 is 0 Å². The first kappa shape index (κ1) is 15.0. The molecule has 6 heteroatoms. The molecule has 1 aliphatic heterocycles. The van der Waals surface area contributed by atoms with E-state index in [0.717, 1.165) is 6.42 Å². The summed E-state index contributed by atoms with van der Waals surface area (Å²) in [6.07, 6.45) is 0.791. The Morgan fingerprint density at radius 1 is 1.50 bits per heavy atom. The van der Waals surface area contributed by atoms with Crippen LogP contribution in [0, 0.1) is 5.82 Å². The highest BCUT2D eigenvalue weighted by Crippen LogP contribution is 2.25. The summed E-state index contributed by atoms with van der Waals surface area (Å²) in [5, 5.41) is 0. The van der Waals surface area contributed by atoms with E-state index in [1.54, 1.807) is 6.07 Å². The maximum absolute atomic E-state index is 13.9. The average Bonchev–Trinajstić information content (AvgIpc) is 2.35. The zero-order valence-corrected chi connectivity index (χ0v) is 12.1. The molecule has 1 aliphatic rings. The summed E-state index contributed by atoms with van der Waals surface area (Å²) >= 11 is 0. The molecule has 1 unspecified atom stereocenters. The van der Waals surface area contributed by atoms with Gasteiger partial charge in [-0.05, 0) is 44.8 Å². The molecule has 0 aromatic heterocycles. The number of carbonyl (C=O) groups excluding carboxylic acids is 1. The molecule has 1 atom stereocenters. The van der Waals surface area contributed by atoms with Gasteiger partial charge in [-0.15, -0.1) is 0 Å². The largest absolute Gasteiger partial charge is 0.494 e. The Labute approximate surface area is 118 Å². The number of hydrogen-bond donors (Lipinski definition) is 0. The minimum Gasteiger partial charge on any atom is -0.465 e. The van der Waals surface area contributed by atoms with Crippen molar-refractivity contribution in [2.75, 3.05) is 7.11 Å². The lowest BCUT2D eigenvalue weighted by molar-refractivity contribution is -0.0230. The minimum atomic E-state index is -0.701. The average molecular weight is 280 g/mol. The van der Waals surface area contributed by atoms with Crippen molar-refractivity contribution in [3.05, 3.63) is 29.6 Å². The van der Waals surface area contributed by atoms with Crippen LogP contribution < -0.4 is 5.46 Å². The molecule has 0 amide bonds. The Hall–Kier alpha value is -1.40. The third-order valence-corrected chi connectivity index (χ3v) is 3.23. The van der Waals surface area contributed by atoms with Crippen molar-refractivity contribution >= 4 is 18.6 Å². The van der Waals surface area contributed by atoms with E-state index in [0.29, 0.717) is 5.46 Å². The van der Waals surface area contributed by atoms with E-state index in [4.69, 9.17) is 9.31 Å². The maximum atomic E-state index is 13.9.